The number of hydrogen-bond donors (Lipinski definition) is 6. The maximum atomic E-state index is 13.1. The molecule has 2 amide bonds. The first-order valence-electron chi connectivity index (χ1n) is 16.1. The summed E-state index contributed by atoms with van der Waals surface area (Å²) in [5, 5.41) is 28.1. The van der Waals surface area contributed by atoms with Gasteiger partial charge in [-0.05, 0) is 49.2 Å². The lowest BCUT2D eigenvalue weighted by Crippen LogP contribution is -2.36. The number of carbonyl (C=O) groups is 2. The lowest BCUT2D eigenvalue weighted by molar-refractivity contribution is 0.0925. The highest BCUT2D eigenvalue weighted by atomic mass is 16.5. The molecule has 254 valence electrons. The first kappa shape index (κ1) is 30.7. The van der Waals surface area contributed by atoms with Crippen LogP contribution in [-0.2, 0) is 6.54 Å². The smallest absolute Gasteiger partial charge is 0.257 e. The van der Waals surface area contributed by atoms with Crippen molar-refractivity contribution >= 4 is 57.8 Å². The van der Waals surface area contributed by atoms with Gasteiger partial charge in [-0.2, -0.15) is 19.2 Å². The highest BCUT2D eigenvalue weighted by molar-refractivity contribution is 6.01. The van der Waals surface area contributed by atoms with Crippen LogP contribution in [0.25, 0.3) is 11.3 Å². The van der Waals surface area contributed by atoms with Gasteiger partial charge in [-0.15, -0.1) is 0 Å². The van der Waals surface area contributed by atoms with Gasteiger partial charge in [0.1, 0.15) is 59.1 Å². The van der Waals surface area contributed by atoms with E-state index in [0.29, 0.717) is 76.9 Å². The summed E-state index contributed by atoms with van der Waals surface area (Å²) in [6.07, 6.45) is 3.02. The number of nitrogens with zero attached hydrogens (tertiary/aromatic N) is 6. The van der Waals surface area contributed by atoms with Gasteiger partial charge in [-0.3, -0.25) is 9.59 Å². The standard InChI is InChI=1S/C34H34N12O4/c1-18-6-21-10-23(7-18)49-5-4-36-33(47)25-15-39-46-30(13-28(41-21)44-31(25)46)37-14-20-8-22-11-24(9-20)50-17-19(2)40-34(48)26-16-38-45-29(35-3)12-27(42-22)43-32(26)45/h6-13,15-16,19,35,37H,4-5,14,17H2,1-3H3,(H,36,47)(H,40,48)(H,41,44)(H,42,43). The Balaban J connectivity index is 1.15. The molecule has 0 saturated heterocycles. The molecular formula is C34H34N12O4. The molecule has 6 heterocycles. The maximum absolute atomic E-state index is 13.1. The van der Waals surface area contributed by atoms with Crippen LogP contribution >= 0.6 is 0 Å². The van der Waals surface area contributed by atoms with Gasteiger partial charge in [-0.1, -0.05) is 0 Å². The molecule has 6 aromatic rings. The van der Waals surface area contributed by atoms with Crippen LogP contribution in [0.15, 0.2) is 60.9 Å². The Morgan fingerprint density at radius 2 is 1.48 bits per heavy atom. The van der Waals surface area contributed by atoms with Gasteiger partial charge in [-0.25, -0.2) is 9.97 Å². The number of anilines is 6. The highest BCUT2D eigenvalue weighted by Gasteiger charge is 2.21. The van der Waals surface area contributed by atoms with Crippen LogP contribution in [0, 0.1) is 6.92 Å². The normalized spacial score (nSPS) is 15.8. The second-order valence-corrected chi connectivity index (χ2v) is 12.2. The Kier molecular flexibility index (Phi) is 7.66. The van der Waals surface area contributed by atoms with Gasteiger partial charge >= 0.3 is 0 Å². The summed E-state index contributed by atoms with van der Waals surface area (Å²) in [6, 6.07) is 15.0. The van der Waals surface area contributed by atoms with Crippen molar-refractivity contribution < 1.29 is 19.1 Å². The molecule has 8 rings (SSSR count). The third kappa shape index (κ3) is 5.98. The number of carbonyl (C=O) groups excluding carboxylic acids is 2. The van der Waals surface area contributed by atoms with Crippen LogP contribution in [0.3, 0.4) is 0 Å². The van der Waals surface area contributed by atoms with Crippen molar-refractivity contribution in [1.82, 2.24) is 39.8 Å². The third-order valence-corrected chi connectivity index (χ3v) is 8.26. The minimum Gasteiger partial charge on any atom is -0.492 e. The lowest BCUT2D eigenvalue weighted by Gasteiger charge is -2.17. The van der Waals surface area contributed by atoms with Crippen LogP contribution in [0.5, 0.6) is 11.5 Å². The summed E-state index contributed by atoms with van der Waals surface area (Å²) in [6.45, 7) is 5.10. The van der Waals surface area contributed by atoms with Crippen molar-refractivity contribution in [1.29, 1.82) is 0 Å². The molecule has 0 radical (unpaired) electrons. The summed E-state index contributed by atoms with van der Waals surface area (Å²) in [7, 11) is 1.78. The molecular weight excluding hydrogens is 640 g/mol. The first-order chi connectivity index (χ1) is 24.3. The van der Waals surface area contributed by atoms with Crippen molar-refractivity contribution in [2.24, 2.45) is 0 Å². The third-order valence-electron chi connectivity index (χ3n) is 8.26. The Hall–Kier alpha value is -6.58. The molecule has 0 spiro atoms. The van der Waals surface area contributed by atoms with E-state index in [1.165, 1.54) is 12.4 Å². The van der Waals surface area contributed by atoms with Crippen molar-refractivity contribution in [3.8, 4) is 11.5 Å². The SMILES string of the molecule is CNc1cc2nc3c(cnn13)C(=O)NC(C)COc1cc(CNc3cc4nc5c(cnn35)C(=O)NCCOc3cc(C)cc(c3)N4)cc(c1)N2. The molecule has 1 atom stereocenters. The van der Waals surface area contributed by atoms with Gasteiger partial charge in [0, 0.05) is 49.2 Å². The van der Waals surface area contributed by atoms with E-state index >= 15 is 0 Å². The van der Waals surface area contributed by atoms with E-state index in [1.807, 2.05) is 62.4 Å². The molecule has 8 bridgehead atoms. The van der Waals surface area contributed by atoms with E-state index in [-0.39, 0.29) is 24.5 Å². The van der Waals surface area contributed by atoms with Gasteiger partial charge in [0.05, 0.1) is 25.0 Å². The molecule has 16 nitrogen and oxygen atoms in total. The molecule has 50 heavy (non-hydrogen) atoms. The number of ether oxygens (including phenoxy) is 2. The molecule has 0 fully saturated rings. The van der Waals surface area contributed by atoms with Gasteiger partial charge in [0.2, 0.25) is 0 Å². The van der Waals surface area contributed by atoms with E-state index in [1.54, 1.807) is 16.1 Å². The van der Waals surface area contributed by atoms with Gasteiger partial charge in [0.15, 0.2) is 11.3 Å². The average molecular weight is 675 g/mol. The van der Waals surface area contributed by atoms with Crippen molar-refractivity contribution in [2.75, 3.05) is 48.1 Å². The second-order valence-electron chi connectivity index (χ2n) is 12.2. The second kappa shape index (κ2) is 12.5. The fourth-order valence-electron chi connectivity index (χ4n) is 5.98. The molecule has 0 saturated carbocycles. The minimum atomic E-state index is -0.300. The summed E-state index contributed by atoms with van der Waals surface area (Å²) in [4.78, 5) is 35.8. The molecule has 6 N–H and O–H groups in total. The highest BCUT2D eigenvalue weighted by Crippen LogP contribution is 2.29. The topological polar surface area (TPSA) is 185 Å². The Labute approximate surface area is 285 Å². The van der Waals surface area contributed by atoms with Crippen LogP contribution in [0.1, 0.15) is 38.8 Å². The summed E-state index contributed by atoms with van der Waals surface area (Å²) in [5.74, 6) is 3.01. The van der Waals surface area contributed by atoms with Crippen LogP contribution in [0.2, 0.25) is 0 Å². The van der Waals surface area contributed by atoms with E-state index in [2.05, 4.69) is 42.1 Å². The van der Waals surface area contributed by atoms with Gasteiger partial charge < -0.3 is 41.4 Å². The van der Waals surface area contributed by atoms with E-state index < -0.39 is 0 Å². The summed E-state index contributed by atoms with van der Waals surface area (Å²) in [5.41, 5.74) is 4.93. The van der Waals surface area contributed by atoms with Crippen LogP contribution in [0.4, 0.5) is 34.6 Å². The summed E-state index contributed by atoms with van der Waals surface area (Å²) >= 11 is 0. The largest absolute Gasteiger partial charge is 0.492 e. The molecule has 2 aliphatic rings. The lowest BCUT2D eigenvalue weighted by atomic mass is 10.1. The number of rotatable bonds is 4. The fraction of sp³-hybridized carbons (Fsp3) is 0.235. The van der Waals surface area contributed by atoms with Crippen molar-refractivity contribution in [3.63, 3.8) is 0 Å². The fourth-order valence-corrected chi connectivity index (χ4v) is 5.98. The van der Waals surface area contributed by atoms with Crippen LogP contribution in [-0.4, -0.2) is 73.9 Å². The predicted molar refractivity (Wildman–Crippen MR) is 187 cm³/mol. The number of amides is 2. The van der Waals surface area contributed by atoms with Crippen LogP contribution < -0.4 is 41.4 Å². The zero-order valence-corrected chi connectivity index (χ0v) is 27.5. The number of aromatic nitrogens is 6. The molecule has 0 aliphatic carbocycles. The van der Waals surface area contributed by atoms with Gasteiger partial charge in [0.25, 0.3) is 11.8 Å². The number of aryl methyl sites for hydroxylation is 1. The van der Waals surface area contributed by atoms with E-state index in [9.17, 15) is 9.59 Å². The molecule has 1 unspecified atom stereocenters. The van der Waals surface area contributed by atoms with E-state index in [0.717, 1.165) is 22.5 Å². The summed E-state index contributed by atoms with van der Waals surface area (Å²) < 4.78 is 15.3. The van der Waals surface area contributed by atoms with Crippen molar-refractivity contribution in [3.05, 3.63) is 83.2 Å². The number of hydrogen-bond acceptors (Lipinski definition) is 12. The zero-order valence-electron chi connectivity index (χ0n) is 27.5. The van der Waals surface area contributed by atoms with E-state index in [4.69, 9.17) is 19.4 Å². The Bertz CT molecular complexity index is 2300. The quantitative estimate of drug-likeness (QED) is 0.159. The predicted octanol–water partition coefficient (Wildman–Crippen LogP) is 3.85. The minimum absolute atomic E-state index is 0.239. The Morgan fingerprint density at radius 3 is 2.22 bits per heavy atom. The molecule has 16 heteroatoms. The molecule has 2 aromatic carbocycles. The number of benzene rings is 2. The monoisotopic (exact) mass is 674 g/mol. The molecule has 4 aromatic heterocycles. The Morgan fingerprint density at radius 1 is 0.820 bits per heavy atom. The maximum Gasteiger partial charge on any atom is 0.257 e. The first-order valence-corrected chi connectivity index (χ1v) is 16.1. The number of nitrogens with one attached hydrogen (secondary N) is 6. The zero-order chi connectivity index (χ0) is 34.4. The van der Waals surface area contributed by atoms with Crippen molar-refractivity contribution in [2.45, 2.75) is 26.4 Å². The average Bonchev–Trinajstić information content (AvgIpc) is 3.72. The number of fused-ring (bicyclic) bond motifs is 6. The molecule has 2 aliphatic heterocycles.